The number of aromatic nitrogens is 1. The van der Waals surface area contributed by atoms with E-state index in [1.807, 2.05) is 0 Å². The zero-order valence-electron chi connectivity index (χ0n) is 7.99. The van der Waals surface area contributed by atoms with Crippen LogP contribution in [0.1, 0.15) is 12.6 Å². The molecule has 0 aliphatic heterocycles. The van der Waals surface area contributed by atoms with Gasteiger partial charge in [0, 0.05) is 17.2 Å². The molecule has 14 heavy (non-hydrogen) atoms. The van der Waals surface area contributed by atoms with E-state index < -0.39 is 6.09 Å². The number of pyridine rings is 1. The van der Waals surface area contributed by atoms with Crippen LogP contribution in [0.2, 0.25) is 0 Å². The van der Waals surface area contributed by atoms with Crippen molar-refractivity contribution in [3.8, 4) is 0 Å². The first-order chi connectivity index (χ1) is 6.56. The number of carbonyl (C=O) groups is 1. The normalized spacial score (nSPS) is 9.93. The lowest BCUT2D eigenvalue weighted by molar-refractivity contribution is 0.202. The predicted octanol–water partition coefficient (Wildman–Crippen LogP) is 2.66. The first-order valence-corrected chi connectivity index (χ1v) is 4.98. The number of amides is 1. The van der Waals surface area contributed by atoms with E-state index in [1.165, 1.54) is 4.90 Å². The van der Waals surface area contributed by atoms with Gasteiger partial charge >= 0.3 is 6.09 Å². The first-order valence-electron chi connectivity index (χ1n) is 4.19. The zero-order valence-corrected chi connectivity index (χ0v) is 9.58. The number of anilines is 1. The molecule has 76 valence electrons. The van der Waals surface area contributed by atoms with E-state index in [0.717, 1.165) is 4.47 Å². The summed E-state index contributed by atoms with van der Waals surface area (Å²) in [5.74, 6) is 0. The van der Waals surface area contributed by atoms with Gasteiger partial charge in [0.15, 0.2) is 0 Å². The summed E-state index contributed by atoms with van der Waals surface area (Å²) in [6.07, 6.45) is 0.685. The van der Waals surface area contributed by atoms with Crippen LogP contribution in [-0.2, 0) is 0 Å². The second kappa shape index (κ2) is 4.41. The number of halogens is 1. The summed E-state index contributed by atoms with van der Waals surface area (Å²) in [5.41, 5.74) is 1.33. The fourth-order valence-corrected chi connectivity index (χ4v) is 1.50. The summed E-state index contributed by atoms with van der Waals surface area (Å²) in [4.78, 5) is 16.2. The van der Waals surface area contributed by atoms with Crippen molar-refractivity contribution in [3.05, 3.63) is 22.4 Å². The Morgan fingerprint density at radius 3 is 2.86 bits per heavy atom. The van der Waals surface area contributed by atoms with Crippen molar-refractivity contribution in [2.45, 2.75) is 13.8 Å². The highest BCUT2D eigenvalue weighted by molar-refractivity contribution is 9.10. The van der Waals surface area contributed by atoms with Crippen molar-refractivity contribution in [3.63, 3.8) is 0 Å². The van der Waals surface area contributed by atoms with Crippen molar-refractivity contribution in [2.75, 3.05) is 11.4 Å². The fraction of sp³-hybridized carbons (Fsp3) is 0.333. The Morgan fingerprint density at radius 1 is 1.71 bits per heavy atom. The van der Waals surface area contributed by atoms with Crippen LogP contribution in [0.4, 0.5) is 10.5 Å². The lowest BCUT2D eigenvalue weighted by atomic mass is 10.3. The number of carboxylic acid groups (broad SMARTS) is 1. The van der Waals surface area contributed by atoms with E-state index in [2.05, 4.69) is 20.9 Å². The SMILES string of the molecule is CCN(C(=O)O)c1cc(Br)cnc1C. The number of rotatable bonds is 2. The fourth-order valence-electron chi connectivity index (χ4n) is 1.18. The minimum Gasteiger partial charge on any atom is -0.465 e. The molecule has 4 nitrogen and oxygen atoms in total. The van der Waals surface area contributed by atoms with Gasteiger partial charge in [-0.25, -0.2) is 4.79 Å². The summed E-state index contributed by atoms with van der Waals surface area (Å²) in [6.45, 7) is 3.98. The minimum absolute atomic E-state index is 0.411. The number of nitrogens with zero attached hydrogens (tertiary/aromatic N) is 2. The van der Waals surface area contributed by atoms with Gasteiger partial charge < -0.3 is 5.11 Å². The van der Waals surface area contributed by atoms with E-state index in [0.29, 0.717) is 17.9 Å². The number of hydrogen-bond acceptors (Lipinski definition) is 2. The Bertz CT molecular complexity index is 355. The maximum Gasteiger partial charge on any atom is 0.411 e. The molecule has 0 saturated heterocycles. The summed E-state index contributed by atoms with van der Waals surface area (Å²) < 4.78 is 0.776. The van der Waals surface area contributed by atoms with Gasteiger partial charge in [-0.05, 0) is 35.8 Å². The highest BCUT2D eigenvalue weighted by atomic mass is 79.9. The van der Waals surface area contributed by atoms with Crippen LogP contribution in [-0.4, -0.2) is 22.7 Å². The molecule has 1 N–H and O–H groups in total. The third kappa shape index (κ3) is 2.23. The molecule has 1 amide bonds. The number of aryl methyl sites for hydroxylation is 1. The van der Waals surface area contributed by atoms with Gasteiger partial charge in [-0.3, -0.25) is 9.88 Å². The highest BCUT2D eigenvalue weighted by Gasteiger charge is 2.14. The van der Waals surface area contributed by atoms with Crippen molar-refractivity contribution < 1.29 is 9.90 Å². The lowest BCUT2D eigenvalue weighted by Crippen LogP contribution is -2.29. The molecule has 0 aliphatic carbocycles. The van der Waals surface area contributed by atoms with Crippen LogP contribution >= 0.6 is 15.9 Å². The summed E-state index contributed by atoms with van der Waals surface area (Å²) in [5, 5.41) is 8.92. The van der Waals surface area contributed by atoms with E-state index in [-0.39, 0.29) is 0 Å². The van der Waals surface area contributed by atoms with Crippen LogP contribution in [0.3, 0.4) is 0 Å². The molecule has 0 radical (unpaired) electrons. The zero-order chi connectivity index (χ0) is 10.7. The van der Waals surface area contributed by atoms with E-state index >= 15 is 0 Å². The van der Waals surface area contributed by atoms with Crippen LogP contribution in [0.25, 0.3) is 0 Å². The van der Waals surface area contributed by atoms with Crippen LogP contribution < -0.4 is 4.90 Å². The second-order valence-corrected chi connectivity index (χ2v) is 3.70. The third-order valence-corrected chi connectivity index (χ3v) is 2.30. The van der Waals surface area contributed by atoms with Crippen LogP contribution in [0, 0.1) is 6.92 Å². The molecule has 5 heteroatoms. The first kappa shape index (κ1) is 11.0. The van der Waals surface area contributed by atoms with Gasteiger partial charge in [-0.1, -0.05) is 0 Å². The molecule has 0 spiro atoms. The van der Waals surface area contributed by atoms with E-state index in [1.54, 1.807) is 26.1 Å². The average Bonchev–Trinajstić information content (AvgIpc) is 2.11. The summed E-state index contributed by atoms with van der Waals surface area (Å²) in [7, 11) is 0. The molecule has 0 fully saturated rings. The van der Waals surface area contributed by atoms with Crippen LogP contribution in [0.15, 0.2) is 16.7 Å². The molecular weight excluding hydrogens is 248 g/mol. The van der Waals surface area contributed by atoms with Crippen molar-refractivity contribution >= 4 is 27.7 Å². The lowest BCUT2D eigenvalue weighted by Gasteiger charge is -2.18. The molecule has 0 saturated carbocycles. The molecule has 1 aromatic rings. The molecule has 1 rings (SSSR count). The Balaban J connectivity index is 3.15. The molecule has 1 aromatic heterocycles. The molecule has 0 bridgehead atoms. The minimum atomic E-state index is -0.962. The van der Waals surface area contributed by atoms with E-state index in [4.69, 9.17) is 5.11 Å². The van der Waals surface area contributed by atoms with Crippen molar-refractivity contribution in [1.29, 1.82) is 0 Å². The Morgan fingerprint density at radius 2 is 2.36 bits per heavy atom. The largest absolute Gasteiger partial charge is 0.465 e. The monoisotopic (exact) mass is 258 g/mol. The number of hydrogen-bond donors (Lipinski definition) is 1. The predicted molar refractivity (Wildman–Crippen MR) is 57.7 cm³/mol. The molecule has 0 aromatic carbocycles. The maximum atomic E-state index is 10.9. The van der Waals surface area contributed by atoms with Gasteiger partial charge in [0.2, 0.25) is 0 Å². The van der Waals surface area contributed by atoms with Gasteiger partial charge in [0.25, 0.3) is 0 Å². The molecule has 0 atom stereocenters. The van der Waals surface area contributed by atoms with Crippen molar-refractivity contribution in [1.82, 2.24) is 4.98 Å². The topological polar surface area (TPSA) is 53.4 Å². The van der Waals surface area contributed by atoms with Crippen molar-refractivity contribution in [2.24, 2.45) is 0 Å². The molecule has 0 aliphatic rings. The van der Waals surface area contributed by atoms with E-state index in [9.17, 15) is 4.79 Å². The van der Waals surface area contributed by atoms with Gasteiger partial charge in [0.05, 0.1) is 11.4 Å². The summed E-state index contributed by atoms with van der Waals surface area (Å²) in [6, 6.07) is 1.75. The van der Waals surface area contributed by atoms with Gasteiger partial charge in [-0.2, -0.15) is 0 Å². The molecule has 1 heterocycles. The average molecular weight is 259 g/mol. The van der Waals surface area contributed by atoms with Gasteiger partial charge in [0.1, 0.15) is 0 Å². The Kier molecular flexibility index (Phi) is 3.46. The Labute approximate surface area is 90.7 Å². The standard InChI is InChI=1S/C9H11BrN2O2/c1-3-12(9(13)14)8-4-7(10)5-11-6(8)2/h4-5H,3H2,1-2H3,(H,13,14). The highest BCUT2D eigenvalue weighted by Crippen LogP contribution is 2.22. The second-order valence-electron chi connectivity index (χ2n) is 2.78. The third-order valence-electron chi connectivity index (χ3n) is 1.86. The smallest absolute Gasteiger partial charge is 0.411 e. The summed E-state index contributed by atoms with van der Waals surface area (Å²) >= 11 is 3.26. The van der Waals surface area contributed by atoms with Crippen LogP contribution in [0.5, 0.6) is 0 Å². The quantitative estimate of drug-likeness (QED) is 0.888. The molecule has 0 unspecified atom stereocenters. The molecular formula is C9H11BrN2O2. The Hall–Kier alpha value is -1.10. The maximum absolute atomic E-state index is 10.9. The van der Waals surface area contributed by atoms with Gasteiger partial charge in [-0.15, -0.1) is 0 Å².